The largest absolute Gasteiger partial charge is 0.493 e. The lowest BCUT2D eigenvalue weighted by Gasteiger charge is -2.18. The first-order valence-corrected chi connectivity index (χ1v) is 10.1. The number of ether oxygens (including phenoxy) is 1. The van der Waals surface area contributed by atoms with Gasteiger partial charge in [-0.2, -0.15) is 0 Å². The number of anilines is 2. The SMILES string of the molecule is COc1cc(-c2nc(C(C)(C)C)n(C)c2-c2ccnc(NCC(C)C)n2)cnc1N. The van der Waals surface area contributed by atoms with Crippen LogP contribution in [-0.2, 0) is 12.5 Å². The number of nitrogens with one attached hydrogen (secondary N) is 1. The molecule has 3 aromatic rings. The minimum atomic E-state index is -0.154. The molecule has 0 bridgehead atoms. The number of aromatic nitrogens is 5. The first-order chi connectivity index (χ1) is 14.1. The van der Waals surface area contributed by atoms with Gasteiger partial charge in [0.05, 0.1) is 24.2 Å². The molecule has 3 heterocycles. The molecule has 160 valence electrons. The summed E-state index contributed by atoms with van der Waals surface area (Å²) in [7, 11) is 3.59. The van der Waals surface area contributed by atoms with Crippen LogP contribution in [0.2, 0.25) is 0 Å². The van der Waals surface area contributed by atoms with Gasteiger partial charge in [0.15, 0.2) is 11.6 Å². The highest BCUT2D eigenvalue weighted by Gasteiger charge is 2.27. The van der Waals surface area contributed by atoms with E-state index in [1.54, 1.807) is 19.5 Å². The summed E-state index contributed by atoms with van der Waals surface area (Å²) in [6, 6.07) is 3.76. The highest BCUT2D eigenvalue weighted by atomic mass is 16.5. The van der Waals surface area contributed by atoms with Crippen LogP contribution in [0.25, 0.3) is 22.6 Å². The van der Waals surface area contributed by atoms with Crippen molar-refractivity contribution in [1.82, 2.24) is 24.5 Å². The summed E-state index contributed by atoms with van der Waals surface area (Å²) in [6.07, 6.45) is 3.48. The first kappa shape index (κ1) is 21.5. The molecule has 0 aliphatic heterocycles. The number of methoxy groups -OCH3 is 1. The summed E-state index contributed by atoms with van der Waals surface area (Å²) in [6.45, 7) is 11.5. The van der Waals surface area contributed by atoms with Crippen molar-refractivity contribution in [2.45, 2.75) is 40.0 Å². The zero-order valence-corrected chi connectivity index (χ0v) is 18.8. The van der Waals surface area contributed by atoms with Gasteiger partial charge in [0.2, 0.25) is 5.95 Å². The molecule has 3 aromatic heterocycles. The van der Waals surface area contributed by atoms with Crippen LogP contribution in [0.15, 0.2) is 24.5 Å². The fourth-order valence-corrected chi connectivity index (χ4v) is 3.28. The van der Waals surface area contributed by atoms with Crippen LogP contribution in [0.1, 0.15) is 40.4 Å². The molecule has 3 rings (SSSR count). The molecule has 8 nitrogen and oxygen atoms in total. The standard InChI is InChI=1S/C22H31N7O/c1-13(2)11-26-21-24-9-8-15(27-21)18-17(28-20(29(18)6)22(3,4)5)14-10-16(30-7)19(23)25-12-14/h8-10,12-13H,11H2,1-7H3,(H2,23,25)(H,24,26,27). The van der Waals surface area contributed by atoms with Gasteiger partial charge in [0.25, 0.3) is 0 Å². The van der Waals surface area contributed by atoms with E-state index in [4.69, 9.17) is 20.4 Å². The highest BCUT2D eigenvalue weighted by molar-refractivity contribution is 5.79. The molecular formula is C22H31N7O. The summed E-state index contributed by atoms with van der Waals surface area (Å²) in [5.74, 6) is 2.89. The van der Waals surface area contributed by atoms with Crippen molar-refractivity contribution >= 4 is 11.8 Å². The maximum Gasteiger partial charge on any atom is 0.223 e. The molecule has 0 aromatic carbocycles. The Hall–Kier alpha value is -3.16. The van der Waals surface area contributed by atoms with Crippen LogP contribution in [0.5, 0.6) is 5.75 Å². The van der Waals surface area contributed by atoms with E-state index in [-0.39, 0.29) is 5.41 Å². The molecule has 0 fully saturated rings. The third kappa shape index (κ3) is 4.37. The third-order valence-electron chi connectivity index (χ3n) is 4.71. The normalized spacial score (nSPS) is 11.7. The summed E-state index contributed by atoms with van der Waals surface area (Å²) < 4.78 is 7.46. The maximum atomic E-state index is 5.92. The predicted molar refractivity (Wildman–Crippen MR) is 120 cm³/mol. The minimum Gasteiger partial charge on any atom is -0.493 e. The Labute approximate surface area is 177 Å². The van der Waals surface area contributed by atoms with E-state index >= 15 is 0 Å². The van der Waals surface area contributed by atoms with Gasteiger partial charge in [0, 0.05) is 37.0 Å². The molecule has 0 saturated carbocycles. The second-order valence-corrected chi connectivity index (χ2v) is 8.79. The molecule has 0 amide bonds. The quantitative estimate of drug-likeness (QED) is 0.636. The zero-order valence-electron chi connectivity index (χ0n) is 18.8. The Morgan fingerprint density at radius 1 is 1.20 bits per heavy atom. The summed E-state index contributed by atoms with van der Waals surface area (Å²) in [5, 5.41) is 3.29. The fourth-order valence-electron chi connectivity index (χ4n) is 3.28. The van der Waals surface area contributed by atoms with Gasteiger partial charge in [-0.25, -0.2) is 19.9 Å². The van der Waals surface area contributed by atoms with E-state index in [0.717, 1.165) is 35.0 Å². The first-order valence-electron chi connectivity index (χ1n) is 10.1. The number of hydrogen-bond donors (Lipinski definition) is 2. The van der Waals surface area contributed by atoms with Crippen molar-refractivity contribution < 1.29 is 4.74 Å². The summed E-state index contributed by atoms with van der Waals surface area (Å²) in [4.78, 5) is 18.4. The highest BCUT2D eigenvalue weighted by Crippen LogP contribution is 2.36. The number of nitrogen functional groups attached to an aromatic ring is 1. The molecule has 0 radical (unpaired) electrons. The van der Waals surface area contributed by atoms with Gasteiger partial charge in [-0.15, -0.1) is 0 Å². The van der Waals surface area contributed by atoms with Gasteiger partial charge in [-0.05, 0) is 18.1 Å². The van der Waals surface area contributed by atoms with Crippen molar-refractivity contribution in [2.75, 3.05) is 24.7 Å². The van der Waals surface area contributed by atoms with E-state index in [0.29, 0.717) is 23.4 Å². The molecule has 0 aliphatic carbocycles. The molecule has 0 spiro atoms. The van der Waals surface area contributed by atoms with Crippen molar-refractivity contribution in [1.29, 1.82) is 0 Å². The molecule has 0 saturated heterocycles. The number of hydrogen-bond acceptors (Lipinski definition) is 7. The second kappa shape index (κ2) is 8.30. The summed E-state index contributed by atoms with van der Waals surface area (Å²) in [5.41, 5.74) is 9.04. The molecular weight excluding hydrogens is 378 g/mol. The Balaban J connectivity index is 2.19. The van der Waals surface area contributed by atoms with Crippen LogP contribution in [0, 0.1) is 5.92 Å². The maximum absolute atomic E-state index is 5.92. The molecule has 0 aliphatic rings. The minimum absolute atomic E-state index is 0.154. The lowest BCUT2D eigenvalue weighted by atomic mass is 9.96. The molecule has 8 heteroatoms. The molecule has 3 N–H and O–H groups in total. The van der Waals surface area contributed by atoms with Crippen molar-refractivity contribution in [3.05, 3.63) is 30.4 Å². The third-order valence-corrected chi connectivity index (χ3v) is 4.71. The van der Waals surface area contributed by atoms with E-state index < -0.39 is 0 Å². The lowest BCUT2D eigenvalue weighted by Crippen LogP contribution is -2.17. The van der Waals surface area contributed by atoms with Crippen LogP contribution >= 0.6 is 0 Å². The van der Waals surface area contributed by atoms with Crippen LogP contribution in [0.3, 0.4) is 0 Å². The number of imidazole rings is 1. The monoisotopic (exact) mass is 409 g/mol. The Morgan fingerprint density at radius 3 is 2.57 bits per heavy atom. The van der Waals surface area contributed by atoms with E-state index in [1.807, 2.05) is 19.2 Å². The van der Waals surface area contributed by atoms with Gasteiger partial charge in [0.1, 0.15) is 5.82 Å². The van der Waals surface area contributed by atoms with Gasteiger partial charge >= 0.3 is 0 Å². The van der Waals surface area contributed by atoms with Crippen molar-refractivity contribution in [3.8, 4) is 28.4 Å². The Kier molecular flexibility index (Phi) is 5.96. The number of pyridine rings is 1. The van der Waals surface area contributed by atoms with Gasteiger partial charge in [-0.1, -0.05) is 34.6 Å². The van der Waals surface area contributed by atoms with Crippen LogP contribution in [0.4, 0.5) is 11.8 Å². The number of rotatable bonds is 6. The number of nitrogens with zero attached hydrogens (tertiary/aromatic N) is 5. The van der Waals surface area contributed by atoms with Gasteiger partial charge < -0.3 is 20.4 Å². The molecule has 0 unspecified atom stereocenters. The van der Waals surface area contributed by atoms with E-state index in [9.17, 15) is 0 Å². The van der Waals surface area contributed by atoms with Crippen molar-refractivity contribution in [2.24, 2.45) is 13.0 Å². The van der Waals surface area contributed by atoms with Gasteiger partial charge in [-0.3, -0.25) is 0 Å². The molecule has 0 atom stereocenters. The van der Waals surface area contributed by atoms with Crippen LogP contribution in [-0.4, -0.2) is 38.2 Å². The van der Waals surface area contributed by atoms with E-state index in [2.05, 4.69) is 54.5 Å². The second-order valence-electron chi connectivity index (χ2n) is 8.79. The van der Waals surface area contributed by atoms with Crippen molar-refractivity contribution in [3.63, 3.8) is 0 Å². The average Bonchev–Trinajstić information content (AvgIpc) is 3.04. The zero-order chi connectivity index (χ0) is 22.1. The lowest BCUT2D eigenvalue weighted by molar-refractivity contribution is 0.415. The predicted octanol–water partition coefficient (Wildman–Crippen LogP) is 3.90. The van der Waals surface area contributed by atoms with E-state index in [1.165, 1.54) is 0 Å². The Morgan fingerprint density at radius 2 is 1.93 bits per heavy atom. The average molecular weight is 410 g/mol. The Bertz CT molecular complexity index is 1030. The smallest absolute Gasteiger partial charge is 0.223 e. The fraction of sp³-hybridized carbons (Fsp3) is 0.455. The topological polar surface area (TPSA) is 104 Å². The summed E-state index contributed by atoms with van der Waals surface area (Å²) >= 11 is 0. The molecule has 30 heavy (non-hydrogen) atoms. The number of nitrogens with two attached hydrogens (primary N) is 1. The van der Waals surface area contributed by atoms with Crippen LogP contribution < -0.4 is 15.8 Å².